The van der Waals surface area contributed by atoms with Gasteiger partial charge in [0.1, 0.15) is 0 Å². The van der Waals surface area contributed by atoms with Crippen LogP contribution in [0.3, 0.4) is 0 Å². The molecule has 0 bridgehead atoms. The van der Waals surface area contributed by atoms with Gasteiger partial charge in [-0.1, -0.05) is 31.7 Å². The minimum Gasteiger partial charge on any atom is -0.325 e. The first-order valence-electron chi connectivity index (χ1n) is 9.54. The van der Waals surface area contributed by atoms with Crippen LogP contribution in [-0.2, 0) is 9.59 Å². The van der Waals surface area contributed by atoms with Crippen LogP contribution in [0.15, 0.2) is 24.3 Å². The highest BCUT2D eigenvalue weighted by molar-refractivity contribution is 5.97. The van der Waals surface area contributed by atoms with Crippen molar-refractivity contribution in [1.82, 2.24) is 4.90 Å². The second kappa shape index (κ2) is 8.48. The van der Waals surface area contributed by atoms with E-state index < -0.39 is 0 Å². The number of carbonyl (C=O) groups is 2. The second-order valence-electron chi connectivity index (χ2n) is 7.31. The van der Waals surface area contributed by atoms with Crippen molar-refractivity contribution in [2.45, 2.75) is 57.4 Å². The van der Waals surface area contributed by atoms with Gasteiger partial charge in [-0.15, -0.1) is 0 Å². The average molecular weight is 343 g/mol. The Bertz CT molecular complexity index is 609. The van der Waals surface area contributed by atoms with E-state index in [-0.39, 0.29) is 11.8 Å². The summed E-state index contributed by atoms with van der Waals surface area (Å²) in [5.74, 6) is 0.174. The zero-order chi connectivity index (χ0) is 17.6. The molecule has 5 nitrogen and oxygen atoms in total. The third-order valence-electron chi connectivity index (χ3n) is 5.36. The average Bonchev–Trinajstić information content (AvgIpc) is 2.84. The largest absolute Gasteiger partial charge is 0.325 e. The minimum absolute atomic E-state index is 0.0108. The van der Waals surface area contributed by atoms with Crippen LogP contribution in [0.2, 0.25) is 0 Å². The molecule has 1 aromatic carbocycles. The minimum atomic E-state index is 0.0108. The maximum atomic E-state index is 12.4. The van der Waals surface area contributed by atoms with Crippen molar-refractivity contribution in [2.75, 3.05) is 30.4 Å². The van der Waals surface area contributed by atoms with E-state index in [0.29, 0.717) is 19.0 Å². The lowest BCUT2D eigenvalue weighted by Crippen LogP contribution is -2.37. The Balaban J connectivity index is 1.56. The van der Waals surface area contributed by atoms with Gasteiger partial charge >= 0.3 is 0 Å². The van der Waals surface area contributed by atoms with Crippen molar-refractivity contribution in [3.05, 3.63) is 24.3 Å². The monoisotopic (exact) mass is 343 g/mol. The van der Waals surface area contributed by atoms with Crippen LogP contribution >= 0.6 is 0 Å². The molecule has 25 heavy (non-hydrogen) atoms. The van der Waals surface area contributed by atoms with Crippen LogP contribution in [0.5, 0.6) is 0 Å². The van der Waals surface area contributed by atoms with Crippen LogP contribution in [0.1, 0.15) is 51.4 Å². The second-order valence-corrected chi connectivity index (χ2v) is 7.31. The SMILES string of the molecule is CN(CC(=O)Nc1cccc(N2CCCC2=O)c1)C1CCCCCC1. The first kappa shape index (κ1) is 17.9. The first-order valence-corrected chi connectivity index (χ1v) is 9.54. The lowest BCUT2D eigenvalue weighted by atomic mass is 10.1. The summed E-state index contributed by atoms with van der Waals surface area (Å²) >= 11 is 0. The van der Waals surface area contributed by atoms with Gasteiger partial charge in [0.05, 0.1) is 6.54 Å². The number of benzene rings is 1. The zero-order valence-corrected chi connectivity index (χ0v) is 15.2. The Morgan fingerprint density at radius 2 is 1.96 bits per heavy atom. The molecule has 2 aliphatic rings. The summed E-state index contributed by atoms with van der Waals surface area (Å²) in [6.45, 7) is 1.18. The fourth-order valence-corrected chi connectivity index (χ4v) is 3.93. The molecule has 2 amide bonds. The van der Waals surface area contributed by atoms with Crippen LogP contribution in [0.4, 0.5) is 11.4 Å². The van der Waals surface area contributed by atoms with Crippen molar-refractivity contribution in [3.63, 3.8) is 0 Å². The topological polar surface area (TPSA) is 52.7 Å². The predicted molar refractivity (Wildman–Crippen MR) is 101 cm³/mol. The highest BCUT2D eigenvalue weighted by Crippen LogP contribution is 2.24. The van der Waals surface area contributed by atoms with E-state index in [4.69, 9.17) is 0 Å². The van der Waals surface area contributed by atoms with Crippen molar-refractivity contribution >= 4 is 23.2 Å². The molecule has 136 valence electrons. The molecule has 1 aliphatic carbocycles. The maximum absolute atomic E-state index is 12.4. The molecule has 3 rings (SSSR count). The lowest BCUT2D eigenvalue weighted by Gasteiger charge is -2.26. The Hall–Kier alpha value is -1.88. The molecule has 0 spiro atoms. The Morgan fingerprint density at radius 1 is 1.20 bits per heavy atom. The molecule has 1 aliphatic heterocycles. The van der Waals surface area contributed by atoms with E-state index in [0.717, 1.165) is 24.3 Å². The van der Waals surface area contributed by atoms with Gasteiger partial charge in [-0.3, -0.25) is 14.5 Å². The van der Waals surface area contributed by atoms with Crippen LogP contribution in [0.25, 0.3) is 0 Å². The fourth-order valence-electron chi connectivity index (χ4n) is 3.93. The van der Waals surface area contributed by atoms with Gasteiger partial charge in [-0.25, -0.2) is 0 Å². The normalized spacial score (nSPS) is 19.3. The number of nitrogens with zero attached hydrogens (tertiary/aromatic N) is 2. The molecule has 0 unspecified atom stereocenters. The molecule has 0 atom stereocenters. The van der Waals surface area contributed by atoms with E-state index in [2.05, 4.69) is 17.3 Å². The van der Waals surface area contributed by atoms with Gasteiger partial charge in [0, 0.05) is 30.4 Å². The maximum Gasteiger partial charge on any atom is 0.238 e. The van der Waals surface area contributed by atoms with E-state index >= 15 is 0 Å². The highest BCUT2D eigenvalue weighted by atomic mass is 16.2. The number of hydrogen-bond acceptors (Lipinski definition) is 3. The summed E-state index contributed by atoms with van der Waals surface area (Å²) in [4.78, 5) is 28.3. The predicted octanol–water partition coefficient (Wildman–Crippen LogP) is 3.41. The number of carbonyl (C=O) groups excluding carboxylic acids is 2. The van der Waals surface area contributed by atoms with E-state index in [1.165, 1.54) is 38.5 Å². The fraction of sp³-hybridized carbons (Fsp3) is 0.600. The lowest BCUT2D eigenvalue weighted by molar-refractivity contribution is -0.118. The molecule has 1 heterocycles. The Kier molecular flexibility index (Phi) is 6.08. The van der Waals surface area contributed by atoms with Gasteiger partial charge in [-0.2, -0.15) is 0 Å². The van der Waals surface area contributed by atoms with Crippen molar-refractivity contribution in [1.29, 1.82) is 0 Å². The number of anilines is 2. The van der Waals surface area contributed by atoms with Crippen LogP contribution < -0.4 is 10.2 Å². The molecule has 0 radical (unpaired) electrons. The van der Waals surface area contributed by atoms with Gasteiger partial charge in [0.25, 0.3) is 0 Å². The van der Waals surface area contributed by atoms with Gasteiger partial charge in [0.15, 0.2) is 0 Å². The molecule has 1 saturated heterocycles. The standard InChI is InChI=1S/C20H29N3O2/c1-22(17-9-4-2-3-5-10-17)15-19(24)21-16-8-6-11-18(14-16)23-13-7-12-20(23)25/h6,8,11,14,17H,2-5,7,9-10,12-13,15H2,1H3,(H,21,24). The number of nitrogens with one attached hydrogen (secondary N) is 1. The summed E-state index contributed by atoms with van der Waals surface area (Å²) in [7, 11) is 2.05. The zero-order valence-electron chi connectivity index (χ0n) is 15.2. The summed E-state index contributed by atoms with van der Waals surface area (Å²) in [5, 5.41) is 2.99. The smallest absolute Gasteiger partial charge is 0.238 e. The van der Waals surface area contributed by atoms with Crippen molar-refractivity contribution in [2.24, 2.45) is 0 Å². The summed E-state index contributed by atoms with van der Waals surface area (Å²) in [6, 6.07) is 8.12. The third-order valence-corrected chi connectivity index (χ3v) is 5.36. The van der Waals surface area contributed by atoms with Crippen molar-refractivity contribution in [3.8, 4) is 0 Å². The number of hydrogen-bond donors (Lipinski definition) is 1. The molecule has 5 heteroatoms. The van der Waals surface area contributed by atoms with Crippen LogP contribution in [0, 0.1) is 0 Å². The molecule has 1 aromatic rings. The molecule has 0 aromatic heterocycles. The van der Waals surface area contributed by atoms with Gasteiger partial charge in [0.2, 0.25) is 11.8 Å². The molecular weight excluding hydrogens is 314 g/mol. The first-order chi connectivity index (χ1) is 12.1. The van der Waals surface area contributed by atoms with Gasteiger partial charge in [-0.05, 0) is 44.5 Å². The molecular formula is C20H29N3O2. The number of likely N-dealkylation sites (N-methyl/N-ethyl adjacent to an activating group) is 1. The van der Waals surface area contributed by atoms with E-state index in [1.807, 2.05) is 24.3 Å². The molecule has 2 fully saturated rings. The van der Waals surface area contributed by atoms with E-state index in [9.17, 15) is 9.59 Å². The summed E-state index contributed by atoms with van der Waals surface area (Å²) in [6.07, 6.45) is 9.07. The van der Waals surface area contributed by atoms with Gasteiger partial charge < -0.3 is 10.2 Å². The Morgan fingerprint density at radius 3 is 2.64 bits per heavy atom. The molecule has 1 saturated carbocycles. The molecule has 1 N–H and O–H groups in total. The summed E-state index contributed by atoms with van der Waals surface area (Å²) < 4.78 is 0. The Labute approximate surface area is 150 Å². The van der Waals surface area contributed by atoms with Crippen molar-refractivity contribution < 1.29 is 9.59 Å². The number of amides is 2. The van der Waals surface area contributed by atoms with Crippen LogP contribution in [-0.4, -0.2) is 42.9 Å². The number of rotatable bonds is 5. The van der Waals surface area contributed by atoms with E-state index in [1.54, 1.807) is 4.90 Å². The third kappa shape index (κ3) is 4.82. The summed E-state index contributed by atoms with van der Waals surface area (Å²) in [5.41, 5.74) is 1.63. The quantitative estimate of drug-likeness (QED) is 0.834. The highest BCUT2D eigenvalue weighted by Gasteiger charge is 2.22.